The van der Waals surface area contributed by atoms with Gasteiger partial charge in [0.2, 0.25) is 5.91 Å². The van der Waals surface area contributed by atoms with Gasteiger partial charge in [-0.2, -0.15) is 0 Å². The number of rotatable bonds is 4. The summed E-state index contributed by atoms with van der Waals surface area (Å²) < 4.78 is 0. The molecule has 0 fully saturated rings. The number of carbonyl (C=O) groups excluding carboxylic acids is 2. The van der Waals surface area contributed by atoms with Crippen molar-refractivity contribution in [3.63, 3.8) is 0 Å². The number of para-hydroxylation sites is 1. The molecular weight excluding hydrogens is 392 g/mol. The standard InChI is InChI=1S/C17H13ClN4O4S/c18-12-8-5-11(6-9-12)7-10-15(23)19-17(27)21-20-16(24)13-3-1-2-4-14(13)22(25)26/h1-10H,(H,20,24)(H2,19,21,23,27)/b10-7+. The van der Waals surface area contributed by atoms with Crippen molar-refractivity contribution in [2.24, 2.45) is 0 Å². The van der Waals surface area contributed by atoms with Crippen molar-refractivity contribution in [1.29, 1.82) is 0 Å². The van der Waals surface area contributed by atoms with E-state index in [-0.39, 0.29) is 16.4 Å². The van der Waals surface area contributed by atoms with Crippen molar-refractivity contribution in [1.82, 2.24) is 16.2 Å². The molecule has 0 saturated carbocycles. The van der Waals surface area contributed by atoms with Crippen molar-refractivity contribution in [2.45, 2.75) is 0 Å². The van der Waals surface area contributed by atoms with E-state index in [0.29, 0.717) is 5.02 Å². The molecule has 10 heteroatoms. The SMILES string of the molecule is O=C(/C=C/c1ccc(Cl)cc1)NC(=S)NNC(=O)c1ccccc1[N+](=O)[O-]. The molecule has 0 aliphatic carbocycles. The lowest BCUT2D eigenvalue weighted by Gasteiger charge is -2.09. The Hall–Kier alpha value is -3.30. The number of hydrazine groups is 1. The number of nitrogens with zero attached hydrogens (tertiary/aromatic N) is 1. The molecule has 0 atom stereocenters. The molecule has 138 valence electrons. The zero-order valence-electron chi connectivity index (χ0n) is 13.6. The molecule has 2 aromatic carbocycles. The molecule has 0 spiro atoms. The normalized spacial score (nSPS) is 10.3. The molecule has 0 aromatic heterocycles. The van der Waals surface area contributed by atoms with Crippen molar-refractivity contribution < 1.29 is 14.5 Å². The molecule has 3 N–H and O–H groups in total. The van der Waals surface area contributed by atoms with E-state index < -0.39 is 16.7 Å². The summed E-state index contributed by atoms with van der Waals surface area (Å²) in [5.74, 6) is -1.29. The summed E-state index contributed by atoms with van der Waals surface area (Å²) in [6, 6.07) is 12.3. The lowest BCUT2D eigenvalue weighted by Crippen LogP contribution is -2.48. The van der Waals surface area contributed by atoms with E-state index >= 15 is 0 Å². The summed E-state index contributed by atoms with van der Waals surface area (Å²) in [5, 5.41) is 13.7. The van der Waals surface area contributed by atoms with Gasteiger partial charge in [-0.3, -0.25) is 35.9 Å². The van der Waals surface area contributed by atoms with Crippen LogP contribution in [0.5, 0.6) is 0 Å². The maximum Gasteiger partial charge on any atom is 0.282 e. The van der Waals surface area contributed by atoms with E-state index in [1.165, 1.54) is 30.3 Å². The van der Waals surface area contributed by atoms with Crippen LogP contribution >= 0.6 is 23.8 Å². The number of nitro benzene ring substituents is 1. The Balaban J connectivity index is 1.87. The van der Waals surface area contributed by atoms with E-state index in [1.54, 1.807) is 30.3 Å². The first-order valence-corrected chi connectivity index (χ1v) is 8.24. The van der Waals surface area contributed by atoms with Gasteiger partial charge in [0.1, 0.15) is 5.56 Å². The van der Waals surface area contributed by atoms with Crippen LogP contribution in [0.25, 0.3) is 6.08 Å². The second kappa shape index (κ2) is 9.41. The van der Waals surface area contributed by atoms with Gasteiger partial charge in [0, 0.05) is 17.2 Å². The van der Waals surface area contributed by atoms with Gasteiger partial charge in [0.25, 0.3) is 11.6 Å². The minimum absolute atomic E-state index is 0.147. The number of benzene rings is 2. The molecule has 2 amide bonds. The maximum absolute atomic E-state index is 12.0. The quantitative estimate of drug-likeness (QED) is 0.312. The van der Waals surface area contributed by atoms with Crippen LogP contribution in [0.2, 0.25) is 5.02 Å². The number of thiocarbonyl (C=S) groups is 1. The lowest BCUT2D eigenvalue weighted by atomic mass is 10.2. The monoisotopic (exact) mass is 404 g/mol. The number of carbonyl (C=O) groups is 2. The van der Waals surface area contributed by atoms with Gasteiger partial charge in [-0.1, -0.05) is 35.9 Å². The van der Waals surface area contributed by atoms with Crippen molar-refractivity contribution in [2.75, 3.05) is 0 Å². The van der Waals surface area contributed by atoms with E-state index in [2.05, 4.69) is 16.2 Å². The van der Waals surface area contributed by atoms with Gasteiger partial charge >= 0.3 is 0 Å². The topological polar surface area (TPSA) is 113 Å². The smallest absolute Gasteiger partial charge is 0.282 e. The summed E-state index contributed by atoms with van der Waals surface area (Å²) in [5.41, 5.74) is 4.77. The highest BCUT2D eigenvalue weighted by atomic mass is 35.5. The molecule has 0 aliphatic heterocycles. The highest BCUT2D eigenvalue weighted by Gasteiger charge is 2.19. The Morgan fingerprint density at radius 2 is 1.74 bits per heavy atom. The number of amides is 2. The first-order valence-electron chi connectivity index (χ1n) is 7.45. The number of halogens is 1. The molecule has 0 heterocycles. The number of nitro groups is 1. The molecule has 0 radical (unpaired) electrons. The predicted octanol–water partition coefficient (Wildman–Crippen LogP) is 2.60. The Morgan fingerprint density at radius 1 is 1.07 bits per heavy atom. The first kappa shape index (κ1) is 20.0. The third-order valence-corrected chi connectivity index (χ3v) is 3.62. The van der Waals surface area contributed by atoms with Gasteiger partial charge in [-0.05, 0) is 42.1 Å². The highest BCUT2D eigenvalue weighted by molar-refractivity contribution is 7.80. The second-order valence-corrected chi connectivity index (χ2v) is 5.90. The number of hydrogen-bond donors (Lipinski definition) is 3. The summed E-state index contributed by atoms with van der Waals surface area (Å²) >= 11 is 10.7. The molecule has 0 saturated heterocycles. The zero-order valence-corrected chi connectivity index (χ0v) is 15.2. The van der Waals surface area contributed by atoms with Gasteiger partial charge in [0.15, 0.2) is 5.11 Å². The van der Waals surface area contributed by atoms with E-state index in [1.807, 2.05) is 0 Å². The van der Waals surface area contributed by atoms with Crippen molar-refractivity contribution in [3.8, 4) is 0 Å². The second-order valence-electron chi connectivity index (χ2n) is 5.06. The van der Waals surface area contributed by atoms with Crippen LogP contribution in [0.15, 0.2) is 54.6 Å². The highest BCUT2D eigenvalue weighted by Crippen LogP contribution is 2.16. The fourth-order valence-electron chi connectivity index (χ4n) is 1.94. The molecule has 27 heavy (non-hydrogen) atoms. The summed E-state index contributed by atoms with van der Waals surface area (Å²) in [6.45, 7) is 0. The minimum Gasteiger partial charge on any atom is -0.298 e. The van der Waals surface area contributed by atoms with Crippen LogP contribution in [0.3, 0.4) is 0 Å². The van der Waals surface area contributed by atoms with Gasteiger partial charge in [-0.25, -0.2) is 0 Å². The summed E-state index contributed by atoms with van der Waals surface area (Å²) in [4.78, 5) is 34.1. The average molecular weight is 405 g/mol. The fraction of sp³-hybridized carbons (Fsp3) is 0. The van der Waals surface area contributed by atoms with Crippen LogP contribution in [0, 0.1) is 10.1 Å². The zero-order chi connectivity index (χ0) is 19.8. The Labute approximate surface area is 164 Å². The van der Waals surface area contributed by atoms with Gasteiger partial charge in [-0.15, -0.1) is 0 Å². The van der Waals surface area contributed by atoms with Crippen molar-refractivity contribution >= 4 is 52.5 Å². The molecule has 2 aromatic rings. The lowest BCUT2D eigenvalue weighted by molar-refractivity contribution is -0.385. The molecule has 0 bridgehead atoms. The van der Waals surface area contributed by atoms with Crippen LogP contribution in [-0.4, -0.2) is 21.9 Å². The predicted molar refractivity (Wildman–Crippen MR) is 105 cm³/mol. The van der Waals surface area contributed by atoms with Crippen LogP contribution in [0.4, 0.5) is 5.69 Å². The maximum atomic E-state index is 12.0. The van der Waals surface area contributed by atoms with E-state index in [4.69, 9.17) is 23.8 Å². The first-order chi connectivity index (χ1) is 12.9. The van der Waals surface area contributed by atoms with Gasteiger partial charge < -0.3 is 0 Å². The molecule has 8 nitrogen and oxygen atoms in total. The molecule has 2 rings (SSSR count). The molecule has 0 aliphatic rings. The van der Waals surface area contributed by atoms with Crippen LogP contribution < -0.4 is 16.2 Å². The van der Waals surface area contributed by atoms with E-state index in [9.17, 15) is 19.7 Å². The fourth-order valence-corrected chi connectivity index (χ4v) is 2.21. The third-order valence-electron chi connectivity index (χ3n) is 3.17. The van der Waals surface area contributed by atoms with Crippen LogP contribution in [-0.2, 0) is 4.79 Å². The Morgan fingerprint density at radius 3 is 2.41 bits per heavy atom. The largest absolute Gasteiger partial charge is 0.298 e. The third kappa shape index (κ3) is 6.17. The van der Waals surface area contributed by atoms with Gasteiger partial charge in [0.05, 0.1) is 4.92 Å². The van der Waals surface area contributed by atoms with E-state index in [0.717, 1.165) is 5.56 Å². The molecular formula is C17H13ClN4O4S. The van der Waals surface area contributed by atoms with Crippen molar-refractivity contribution in [3.05, 3.63) is 80.9 Å². The Kier molecular flexibility index (Phi) is 6.98. The van der Waals surface area contributed by atoms with Crippen LogP contribution in [0.1, 0.15) is 15.9 Å². The average Bonchev–Trinajstić information content (AvgIpc) is 2.65. The minimum atomic E-state index is -0.768. The number of nitrogens with one attached hydrogen (secondary N) is 3. The number of hydrogen-bond acceptors (Lipinski definition) is 5. The molecule has 0 unspecified atom stereocenters. The summed E-state index contributed by atoms with van der Waals surface area (Å²) in [7, 11) is 0. The summed E-state index contributed by atoms with van der Waals surface area (Å²) in [6.07, 6.45) is 2.81. The Bertz CT molecular complexity index is 915.